The molecule has 4 nitrogen and oxygen atoms in total. The SMILES string of the molecule is CO[C@H]1CCN(c2cc(Cl)nc(C)n2)C1. The minimum Gasteiger partial charge on any atom is -0.380 e. The summed E-state index contributed by atoms with van der Waals surface area (Å²) < 4.78 is 5.31. The average Bonchev–Trinajstić information content (AvgIpc) is 2.64. The maximum Gasteiger partial charge on any atom is 0.134 e. The molecule has 0 saturated carbocycles. The highest BCUT2D eigenvalue weighted by Crippen LogP contribution is 2.21. The second kappa shape index (κ2) is 4.33. The molecular formula is C10H14ClN3O. The smallest absolute Gasteiger partial charge is 0.134 e. The van der Waals surface area contributed by atoms with Crippen LogP contribution in [-0.4, -0.2) is 36.3 Å². The minimum absolute atomic E-state index is 0.305. The molecule has 5 heteroatoms. The van der Waals surface area contributed by atoms with E-state index in [1.165, 1.54) is 0 Å². The van der Waals surface area contributed by atoms with Gasteiger partial charge in [-0.25, -0.2) is 9.97 Å². The van der Waals surface area contributed by atoms with E-state index in [2.05, 4.69) is 14.9 Å². The van der Waals surface area contributed by atoms with Gasteiger partial charge in [0.1, 0.15) is 16.8 Å². The molecule has 0 amide bonds. The van der Waals surface area contributed by atoms with Gasteiger partial charge in [-0.15, -0.1) is 0 Å². The summed E-state index contributed by atoms with van der Waals surface area (Å²) in [6, 6.07) is 1.80. The number of halogens is 1. The van der Waals surface area contributed by atoms with Crippen molar-refractivity contribution in [1.82, 2.24) is 9.97 Å². The molecule has 2 rings (SSSR count). The summed E-state index contributed by atoms with van der Waals surface area (Å²) in [7, 11) is 1.74. The Hall–Kier alpha value is -0.870. The first kappa shape index (κ1) is 10.6. The Morgan fingerprint density at radius 3 is 2.93 bits per heavy atom. The lowest BCUT2D eigenvalue weighted by Crippen LogP contribution is -2.23. The van der Waals surface area contributed by atoms with Gasteiger partial charge in [0, 0.05) is 26.3 Å². The zero-order valence-corrected chi connectivity index (χ0v) is 9.66. The number of methoxy groups -OCH3 is 1. The van der Waals surface area contributed by atoms with Gasteiger partial charge in [0.15, 0.2) is 0 Å². The molecule has 1 saturated heterocycles. The lowest BCUT2D eigenvalue weighted by Gasteiger charge is -2.17. The molecule has 1 fully saturated rings. The Balaban J connectivity index is 2.16. The summed E-state index contributed by atoms with van der Waals surface area (Å²) in [4.78, 5) is 10.6. The molecule has 82 valence electrons. The molecule has 2 heterocycles. The zero-order valence-electron chi connectivity index (χ0n) is 8.90. The summed E-state index contributed by atoms with van der Waals surface area (Å²) in [5.74, 6) is 1.60. The number of nitrogens with zero attached hydrogens (tertiary/aromatic N) is 3. The number of hydrogen-bond acceptors (Lipinski definition) is 4. The number of rotatable bonds is 2. The third-order valence-electron chi connectivity index (χ3n) is 2.60. The third kappa shape index (κ3) is 2.38. The molecule has 1 aliphatic heterocycles. The van der Waals surface area contributed by atoms with Gasteiger partial charge in [0.05, 0.1) is 6.10 Å². The summed E-state index contributed by atoms with van der Waals surface area (Å²) in [6.07, 6.45) is 1.34. The van der Waals surface area contributed by atoms with Gasteiger partial charge in [0.2, 0.25) is 0 Å². The average molecular weight is 228 g/mol. The van der Waals surface area contributed by atoms with E-state index in [0.29, 0.717) is 17.1 Å². The van der Waals surface area contributed by atoms with Crippen LogP contribution >= 0.6 is 11.6 Å². The van der Waals surface area contributed by atoms with Crippen molar-refractivity contribution >= 4 is 17.4 Å². The molecule has 1 atom stereocenters. The van der Waals surface area contributed by atoms with Crippen LogP contribution in [-0.2, 0) is 4.74 Å². The molecule has 0 radical (unpaired) electrons. The number of ether oxygens (including phenoxy) is 1. The van der Waals surface area contributed by atoms with E-state index in [9.17, 15) is 0 Å². The molecule has 0 spiro atoms. The van der Waals surface area contributed by atoms with Crippen molar-refractivity contribution < 1.29 is 4.74 Å². The second-order valence-corrected chi connectivity index (χ2v) is 4.08. The number of aryl methyl sites for hydroxylation is 1. The Labute approximate surface area is 94.2 Å². The van der Waals surface area contributed by atoms with Crippen LogP contribution in [0, 0.1) is 6.92 Å². The van der Waals surface area contributed by atoms with E-state index in [1.807, 2.05) is 6.92 Å². The lowest BCUT2D eigenvalue weighted by atomic mass is 10.3. The highest BCUT2D eigenvalue weighted by atomic mass is 35.5. The molecule has 0 bridgehead atoms. The lowest BCUT2D eigenvalue weighted by molar-refractivity contribution is 0.121. The van der Waals surface area contributed by atoms with E-state index in [1.54, 1.807) is 13.2 Å². The molecule has 1 aromatic rings. The Kier molecular flexibility index (Phi) is 3.07. The second-order valence-electron chi connectivity index (χ2n) is 3.69. The summed E-state index contributed by atoms with van der Waals surface area (Å²) in [5, 5.41) is 0.498. The Bertz CT molecular complexity index is 338. The van der Waals surface area contributed by atoms with Crippen LogP contribution in [0.5, 0.6) is 0 Å². The normalized spacial score (nSPS) is 21.0. The third-order valence-corrected chi connectivity index (χ3v) is 2.79. The molecule has 1 aromatic heterocycles. The van der Waals surface area contributed by atoms with E-state index < -0.39 is 0 Å². The topological polar surface area (TPSA) is 38.2 Å². The largest absolute Gasteiger partial charge is 0.380 e. The number of hydrogen-bond donors (Lipinski definition) is 0. The summed E-state index contributed by atoms with van der Waals surface area (Å²) >= 11 is 5.89. The minimum atomic E-state index is 0.305. The molecule has 15 heavy (non-hydrogen) atoms. The molecule has 0 aliphatic carbocycles. The fourth-order valence-corrected chi connectivity index (χ4v) is 2.03. The highest BCUT2D eigenvalue weighted by Gasteiger charge is 2.23. The Morgan fingerprint density at radius 1 is 1.53 bits per heavy atom. The van der Waals surface area contributed by atoms with Crippen LogP contribution in [0.4, 0.5) is 5.82 Å². The molecule has 0 aromatic carbocycles. The van der Waals surface area contributed by atoms with E-state index in [0.717, 1.165) is 25.3 Å². The van der Waals surface area contributed by atoms with Crippen LogP contribution in [0.25, 0.3) is 0 Å². The van der Waals surface area contributed by atoms with Gasteiger partial charge in [0.25, 0.3) is 0 Å². The quantitative estimate of drug-likeness (QED) is 0.721. The predicted octanol–water partition coefficient (Wildman–Crippen LogP) is 1.66. The van der Waals surface area contributed by atoms with Gasteiger partial charge < -0.3 is 9.64 Å². The molecule has 0 N–H and O–H groups in total. The fourth-order valence-electron chi connectivity index (χ4n) is 1.81. The van der Waals surface area contributed by atoms with Crippen molar-refractivity contribution in [2.24, 2.45) is 0 Å². The highest BCUT2D eigenvalue weighted by molar-refractivity contribution is 6.29. The first-order valence-electron chi connectivity index (χ1n) is 4.98. The fraction of sp³-hybridized carbons (Fsp3) is 0.600. The van der Waals surface area contributed by atoms with Crippen molar-refractivity contribution in [3.05, 3.63) is 17.0 Å². The number of anilines is 1. The molecule has 0 unspecified atom stereocenters. The van der Waals surface area contributed by atoms with Crippen LogP contribution in [0.15, 0.2) is 6.07 Å². The molecule has 1 aliphatic rings. The van der Waals surface area contributed by atoms with Gasteiger partial charge in [-0.1, -0.05) is 11.6 Å². The van der Waals surface area contributed by atoms with Crippen molar-refractivity contribution in [2.45, 2.75) is 19.4 Å². The van der Waals surface area contributed by atoms with Gasteiger partial charge in [-0.3, -0.25) is 0 Å². The summed E-state index contributed by atoms with van der Waals surface area (Å²) in [5.41, 5.74) is 0. The van der Waals surface area contributed by atoms with Crippen molar-refractivity contribution in [3.63, 3.8) is 0 Å². The van der Waals surface area contributed by atoms with Crippen LogP contribution in [0.1, 0.15) is 12.2 Å². The number of aromatic nitrogens is 2. The van der Waals surface area contributed by atoms with Gasteiger partial charge >= 0.3 is 0 Å². The first-order chi connectivity index (χ1) is 7.19. The summed E-state index contributed by atoms with van der Waals surface area (Å²) in [6.45, 7) is 3.69. The van der Waals surface area contributed by atoms with Crippen molar-refractivity contribution in [3.8, 4) is 0 Å². The monoisotopic (exact) mass is 227 g/mol. The standard InChI is InChI=1S/C10H14ClN3O/c1-7-12-9(11)5-10(13-7)14-4-3-8(6-14)15-2/h5,8H,3-4,6H2,1-2H3/t8-/m0/s1. The molecular weight excluding hydrogens is 214 g/mol. The predicted molar refractivity (Wildman–Crippen MR) is 59.4 cm³/mol. The van der Waals surface area contributed by atoms with E-state index >= 15 is 0 Å². The van der Waals surface area contributed by atoms with Gasteiger partial charge in [-0.2, -0.15) is 0 Å². The Morgan fingerprint density at radius 2 is 2.33 bits per heavy atom. The van der Waals surface area contributed by atoms with Crippen molar-refractivity contribution in [2.75, 3.05) is 25.1 Å². The van der Waals surface area contributed by atoms with Crippen molar-refractivity contribution in [1.29, 1.82) is 0 Å². The van der Waals surface area contributed by atoms with Gasteiger partial charge in [-0.05, 0) is 13.3 Å². The van der Waals surface area contributed by atoms with Crippen LogP contribution in [0.3, 0.4) is 0 Å². The maximum absolute atomic E-state index is 5.89. The van der Waals surface area contributed by atoms with Crippen LogP contribution < -0.4 is 4.90 Å². The van der Waals surface area contributed by atoms with E-state index in [4.69, 9.17) is 16.3 Å². The zero-order chi connectivity index (χ0) is 10.8. The van der Waals surface area contributed by atoms with Crippen LogP contribution in [0.2, 0.25) is 5.15 Å². The first-order valence-corrected chi connectivity index (χ1v) is 5.36. The maximum atomic E-state index is 5.89. The van der Waals surface area contributed by atoms with E-state index in [-0.39, 0.29) is 0 Å².